The zero-order valence-corrected chi connectivity index (χ0v) is 12.4. The van der Waals surface area contributed by atoms with E-state index in [0.29, 0.717) is 6.04 Å². The van der Waals surface area contributed by atoms with Crippen molar-refractivity contribution in [2.45, 2.75) is 33.2 Å². The summed E-state index contributed by atoms with van der Waals surface area (Å²) in [7, 11) is 0. The summed E-state index contributed by atoms with van der Waals surface area (Å²) in [6, 6.07) is 5.02. The van der Waals surface area contributed by atoms with Gasteiger partial charge >= 0.3 is 0 Å². The summed E-state index contributed by atoms with van der Waals surface area (Å²) in [6.07, 6.45) is 1.10. The first kappa shape index (κ1) is 14.5. The van der Waals surface area contributed by atoms with Gasteiger partial charge in [-0.3, -0.25) is 0 Å². The maximum absolute atomic E-state index is 5.45. The molecule has 2 rings (SSSR count). The average molecular weight is 262 g/mol. The van der Waals surface area contributed by atoms with E-state index < -0.39 is 0 Å². The normalized spacial score (nSPS) is 19.6. The fourth-order valence-corrected chi connectivity index (χ4v) is 2.84. The van der Waals surface area contributed by atoms with E-state index in [0.717, 1.165) is 39.3 Å². The van der Waals surface area contributed by atoms with Crippen molar-refractivity contribution in [3.63, 3.8) is 0 Å². The molecule has 0 aliphatic carbocycles. The number of rotatable bonds is 5. The Hall–Kier alpha value is -0.900. The maximum atomic E-state index is 5.45. The molecule has 1 aliphatic rings. The van der Waals surface area contributed by atoms with E-state index in [2.05, 4.69) is 43.5 Å². The highest BCUT2D eigenvalue weighted by Crippen LogP contribution is 2.16. The molecule has 0 saturated carbocycles. The molecule has 0 amide bonds. The zero-order chi connectivity index (χ0) is 13.7. The maximum Gasteiger partial charge on any atom is 0.0632 e. The molecule has 2 N–H and O–H groups in total. The van der Waals surface area contributed by atoms with Gasteiger partial charge in [0.25, 0.3) is 0 Å². The van der Waals surface area contributed by atoms with E-state index in [1.54, 1.807) is 0 Å². The minimum Gasteiger partial charge on any atom is -0.378 e. The summed E-state index contributed by atoms with van der Waals surface area (Å²) in [5.41, 5.74) is 5.68. The summed E-state index contributed by atoms with van der Waals surface area (Å²) < 4.78 is 5.45. The predicted molar refractivity (Wildman–Crippen MR) is 79.8 cm³/mol. The summed E-state index contributed by atoms with van der Waals surface area (Å²) in [6.45, 7) is 11.3. The second-order valence-electron chi connectivity index (χ2n) is 5.56. The Morgan fingerprint density at radius 2 is 2.00 bits per heavy atom. The lowest BCUT2D eigenvalue weighted by atomic mass is 9.97. The Balaban J connectivity index is 1.76. The molecule has 1 aromatic carbocycles. The van der Waals surface area contributed by atoms with Crippen molar-refractivity contribution >= 4 is 0 Å². The summed E-state index contributed by atoms with van der Waals surface area (Å²) in [4.78, 5) is 0. The van der Waals surface area contributed by atoms with Gasteiger partial charge in [0.1, 0.15) is 0 Å². The Morgan fingerprint density at radius 1 is 1.26 bits per heavy atom. The molecule has 0 aromatic heterocycles. The van der Waals surface area contributed by atoms with Crippen LogP contribution in [0.4, 0.5) is 0 Å². The van der Waals surface area contributed by atoms with Gasteiger partial charge in [0.2, 0.25) is 0 Å². The molecule has 1 aromatic rings. The van der Waals surface area contributed by atoms with E-state index in [9.17, 15) is 0 Å². The van der Waals surface area contributed by atoms with E-state index in [1.165, 1.54) is 22.3 Å². The number of aryl methyl sites for hydroxylation is 3. The minimum absolute atomic E-state index is 0.467. The lowest BCUT2D eigenvalue weighted by molar-refractivity contribution is 0.0768. The summed E-state index contributed by atoms with van der Waals surface area (Å²) in [5, 5.41) is 6.99. The van der Waals surface area contributed by atoms with Crippen LogP contribution in [-0.4, -0.2) is 38.9 Å². The monoisotopic (exact) mass is 262 g/mol. The smallest absolute Gasteiger partial charge is 0.0632 e. The molecule has 0 spiro atoms. The Kier molecular flexibility index (Phi) is 5.37. The predicted octanol–water partition coefficient (Wildman–Crippen LogP) is 1.73. The van der Waals surface area contributed by atoms with Crippen LogP contribution in [0.5, 0.6) is 0 Å². The molecule has 19 heavy (non-hydrogen) atoms. The van der Waals surface area contributed by atoms with Gasteiger partial charge in [-0.1, -0.05) is 17.7 Å². The van der Waals surface area contributed by atoms with Crippen molar-refractivity contribution in [1.82, 2.24) is 10.6 Å². The van der Waals surface area contributed by atoms with Crippen LogP contribution in [0.25, 0.3) is 0 Å². The van der Waals surface area contributed by atoms with Crippen LogP contribution >= 0.6 is 0 Å². The number of nitrogens with one attached hydrogen (secondary N) is 2. The zero-order valence-electron chi connectivity index (χ0n) is 12.4. The van der Waals surface area contributed by atoms with Crippen LogP contribution in [0, 0.1) is 20.8 Å². The molecule has 0 radical (unpaired) electrons. The third-order valence-corrected chi connectivity index (χ3v) is 3.78. The second-order valence-corrected chi connectivity index (χ2v) is 5.56. The molecule has 1 heterocycles. The fraction of sp³-hybridized carbons (Fsp3) is 0.625. The molecule has 1 fully saturated rings. The first-order valence-corrected chi connectivity index (χ1v) is 7.25. The van der Waals surface area contributed by atoms with Crippen LogP contribution in [0.1, 0.15) is 22.3 Å². The molecule has 3 nitrogen and oxygen atoms in total. The molecular weight excluding hydrogens is 236 g/mol. The van der Waals surface area contributed by atoms with Gasteiger partial charge in [-0.25, -0.2) is 0 Å². The Labute approximate surface area is 116 Å². The van der Waals surface area contributed by atoms with Crippen molar-refractivity contribution in [3.05, 3.63) is 34.4 Å². The topological polar surface area (TPSA) is 33.3 Å². The highest BCUT2D eigenvalue weighted by molar-refractivity contribution is 5.37. The molecule has 1 unspecified atom stereocenters. The van der Waals surface area contributed by atoms with Crippen LogP contribution in [0.15, 0.2) is 12.1 Å². The lowest BCUT2D eigenvalue weighted by Crippen LogP contribution is -2.47. The Bertz CT molecular complexity index is 388. The molecule has 1 aliphatic heterocycles. The quantitative estimate of drug-likeness (QED) is 0.793. The van der Waals surface area contributed by atoms with Crippen LogP contribution in [0.3, 0.4) is 0 Å². The molecular formula is C16H26N2O. The first-order chi connectivity index (χ1) is 9.16. The van der Waals surface area contributed by atoms with Crippen molar-refractivity contribution < 1.29 is 4.74 Å². The number of benzene rings is 1. The molecule has 1 saturated heterocycles. The number of ether oxygens (including phenoxy) is 1. The standard InChI is InChI=1S/C16H26N2O/c1-12-8-13(2)16(14(3)9-12)4-5-17-10-15-11-19-7-6-18-15/h8-9,15,17-18H,4-7,10-11H2,1-3H3. The lowest BCUT2D eigenvalue weighted by Gasteiger charge is -2.24. The first-order valence-electron chi connectivity index (χ1n) is 7.25. The van der Waals surface area contributed by atoms with Gasteiger partial charge in [0.15, 0.2) is 0 Å². The molecule has 106 valence electrons. The van der Waals surface area contributed by atoms with Gasteiger partial charge in [0, 0.05) is 19.1 Å². The third kappa shape index (κ3) is 4.30. The van der Waals surface area contributed by atoms with Gasteiger partial charge in [0.05, 0.1) is 13.2 Å². The van der Waals surface area contributed by atoms with Crippen LogP contribution in [-0.2, 0) is 11.2 Å². The SMILES string of the molecule is Cc1cc(C)c(CCNCC2COCCN2)c(C)c1. The summed E-state index contributed by atoms with van der Waals surface area (Å²) in [5.74, 6) is 0. The summed E-state index contributed by atoms with van der Waals surface area (Å²) >= 11 is 0. The highest BCUT2D eigenvalue weighted by Gasteiger charge is 2.12. The van der Waals surface area contributed by atoms with E-state index in [-0.39, 0.29) is 0 Å². The van der Waals surface area contributed by atoms with Gasteiger partial charge in [-0.15, -0.1) is 0 Å². The highest BCUT2D eigenvalue weighted by atomic mass is 16.5. The molecule has 3 heteroatoms. The van der Waals surface area contributed by atoms with Gasteiger partial charge < -0.3 is 15.4 Å². The fourth-order valence-electron chi connectivity index (χ4n) is 2.84. The van der Waals surface area contributed by atoms with E-state index in [4.69, 9.17) is 4.74 Å². The number of hydrogen-bond donors (Lipinski definition) is 2. The van der Waals surface area contributed by atoms with Crippen molar-refractivity contribution in [2.24, 2.45) is 0 Å². The van der Waals surface area contributed by atoms with Gasteiger partial charge in [-0.2, -0.15) is 0 Å². The minimum atomic E-state index is 0.467. The number of morpholine rings is 1. The molecule has 0 bridgehead atoms. The van der Waals surface area contributed by atoms with Crippen molar-refractivity contribution in [1.29, 1.82) is 0 Å². The van der Waals surface area contributed by atoms with Crippen LogP contribution < -0.4 is 10.6 Å². The van der Waals surface area contributed by atoms with Crippen molar-refractivity contribution in [2.75, 3.05) is 32.8 Å². The number of hydrogen-bond acceptors (Lipinski definition) is 3. The van der Waals surface area contributed by atoms with Crippen LogP contribution in [0.2, 0.25) is 0 Å². The largest absolute Gasteiger partial charge is 0.378 e. The van der Waals surface area contributed by atoms with Gasteiger partial charge in [-0.05, 0) is 50.4 Å². The molecule has 1 atom stereocenters. The van der Waals surface area contributed by atoms with Crippen molar-refractivity contribution in [3.8, 4) is 0 Å². The second kappa shape index (κ2) is 7.04. The average Bonchev–Trinajstić information content (AvgIpc) is 2.38. The van der Waals surface area contributed by atoms with E-state index in [1.807, 2.05) is 0 Å². The van der Waals surface area contributed by atoms with E-state index >= 15 is 0 Å². The Morgan fingerprint density at radius 3 is 2.63 bits per heavy atom. The third-order valence-electron chi connectivity index (χ3n) is 3.78.